The van der Waals surface area contributed by atoms with E-state index < -0.39 is 0 Å². The topological polar surface area (TPSA) is 42.1 Å². The number of nitrogens with zero attached hydrogens (tertiary/aromatic N) is 2. The van der Waals surface area contributed by atoms with Crippen molar-refractivity contribution in [2.45, 2.75) is 6.54 Å². The van der Waals surface area contributed by atoms with E-state index in [9.17, 15) is 4.39 Å². The molecule has 0 amide bonds. The minimum Gasteiger partial charge on any atom is -0.329 e. The van der Waals surface area contributed by atoms with Gasteiger partial charge < -0.3 is 10.6 Å². The Morgan fingerprint density at radius 3 is 2.78 bits per heavy atom. The SMILES string of the molecule is CN(c1cccc(F)c1)c1ccc(Cl)c(CN)n1. The molecule has 0 spiro atoms. The Morgan fingerprint density at radius 2 is 2.11 bits per heavy atom. The molecule has 5 heteroatoms. The lowest BCUT2D eigenvalue weighted by Crippen LogP contribution is -2.13. The van der Waals surface area contributed by atoms with Crippen LogP contribution in [-0.4, -0.2) is 12.0 Å². The molecule has 1 heterocycles. The van der Waals surface area contributed by atoms with Gasteiger partial charge in [0.2, 0.25) is 0 Å². The van der Waals surface area contributed by atoms with Crippen LogP contribution in [0, 0.1) is 5.82 Å². The minimum atomic E-state index is -0.285. The summed E-state index contributed by atoms with van der Waals surface area (Å²) in [5, 5.41) is 0.536. The summed E-state index contributed by atoms with van der Waals surface area (Å²) in [5.41, 5.74) is 6.90. The van der Waals surface area contributed by atoms with Crippen LogP contribution in [0.1, 0.15) is 5.69 Å². The Balaban J connectivity index is 2.36. The van der Waals surface area contributed by atoms with Gasteiger partial charge >= 0.3 is 0 Å². The molecular formula is C13H13ClFN3. The van der Waals surface area contributed by atoms with Crippen LogP contribution in [0.4, 0.5) is 15.9 Å². The van der Waals surface area contributed by atoms with Gasteiger partial charge in [-0.05, 0) is 30.3 Å². The van der Waals surface area contributed by atoms with Crippen molar-refractivity contribution < 1.29 is 4.39 Å². The smallest absolute Gasteiger partial charge is 0.133 e. The number of anilines is 2. The Morgan fingerprint density at radius 1 is 1.33 bits per heavy atom. The molecule has 0 atom stereocenters. The second kappa shape index (κ2) is 5.33. The maximum Gasteiger partial charge on any atom is 0.133 e. The highest BCUT2D eigenvalue weighted by Gasteiger charge is 2.08. The van der Waals surface area contributed by atoms with Gasteiger partial charge in [0.05, 0.1) is 10.7 Å². The van der Waals surface area contributed by atoms with E-state index in [1.54, 1.807) is 23.1 Å². The molecule has 0 radical (unpaired) electrons. The second-order valence-corrected chi connectivity index (χ2v) is 4.25. The van der Waals surface area contributed by atoms with Crippen LogP contribution in [0.2, 0.25) is 5.02 Å². The summed E-state index contributed by atoms with van der Waals surface area (Å²) in [6, 6.07) is 9.81. The third-order valence-electron chi connectivity index (χ3n) is 2.64. The number of rotatable bonds is 3. The summed E-state index contributed by atoms with van der Waals surface area (Å²) in [4.78, 5) is 6.12. The number of nitrogens with two attached hydrogens (primary N) is 1. The predicted molar refractivity (Wildman–Crippen MR) is 71.6 cm³/mol. The van der Waals surface area contributed by atoms with Crippen LogP contribution < -0.4 is 10.6 Å². The van der Waals surface area contributed by atoms with Crippen LogP contribution in [0.3, 0.4) is 0 Å². The Labute approximate surface area is 110 Å². The Bertz CT molecular complexity index is 560. The highest BCUT2D eigenvalue weighted by atomic mass is 35.5. The van der Waals surface area contributed by atoms with Crippen LogP contribution in [-0.2, 0) is 6.54 Å². The van der Waals surface area contributed by atoms with Crippen molar-refractivity contribution in [3.05, 3.63) is 52.9 Å². The van der Waals surface area contributed by atoms with Gasteiger partial charge in [0.1, 0.15) is 11.6 Å². The summed E-state index contributed by atoms with van der Waals surface area (Å²) in [7, 11) is 1.81. The van der Waals surface area contributed by atoms with E-state index in [0.29, 0.717) is 22.2 Å². The molecule has 0 unspecified atom stereocenters. The van der Waals surface area contributed by atoms with Gasteiger partial charge in [0, 0.05) is 19.3 Å². The molecule has 2 aromatic rings. The molecule has 1 aromatic heterocycles. The summed E-state index contributed by atoms with van der Waals surface area (Å²) in [6.45, 7) is 0.268. The highest BCUT2D eigenvalue weighted by molar-refractivity contribution is 6.31. The number of aromatic nitrogens is 1. The quantitative estimate of drug-likeness (QED) is 0.927. The van der Waals surface area contributed by atoms with Crippen LogP contribution in [0.25, 0.3) is 0 Å². The van der Waals surface area contributed by atoms with Crippen LogP contribution in [0.15, 0.2) is 36.4 Å². The van der Waals surface area contributed by atoms with Gasteiger partial charge in [-0.25, -0.2) is 9.37 Å². The summed E-state index contributed by atoms with van der Waals surface area (Å²) in [6.07, 6.45) is 0. The second-order valence-electron chi connectivity index (χ2n) is 3.84. The van der Waals surface area contributed by atoms with Gasteiger partial charge in [0.15, 0.2) is 0 Å². The zero-order valence-corrected chi connectivity index (χ0v) is 10.7. The van der Waals surface area contributed by atoms with Crippen molar-refractivity contribution in [1.29, 1.82) is 0 Å². The lowest BCUT2D eigenvalue weighted by Gasteiger charge is -2.19. The summed E-state index contributed by atoms with van der Waals surface area (Å²) >= 11 is 5.95. The van der Waals surface area contributed by atoms with E-state index in [2.05, 4.69) is 4.98 Å². The molecule has 3 nitrogen and oxygen atoms in total. The van der Waals surface area contributed by atoms with Crippen molar-refractivity contribution in [2.75, 3.05) is 11.9 Å². The maximum atomic E-state index is 13.2. The molecular weight excluding hydrogens is 253 g/mol. The number of hydrogen-bond donors (Lipinski definition) is 1. The van der Waals surface area contributed by atoms with E-state index in [1.165, 1.54) is 12.1 Å². The molecule has 0 aliphatic heterocycles. The lowest BCUT2D eigenvalue weighted by molar-refractivity contribution is 0.628. The molecule has 94 valence electrons. The summed E-state index contributed by atoms with van der Waals surface area (Å²) in [5.74, 6) is 0.387. The molecule has 0 fully saturated rings. The highest BCUT2D eigenvalue weighted by Crippen LogP contribution is 2.24. The van der Waals surface area contributed by atoms with Gasteiger partial charge in [-0.2, -0.15) is 0 Å². The average molecular weight is 266 g/mol. The largest absolute Gasteiger partial charge is 0.329 e. The first-order chi connectivity index (χ1) is 8.61. The predicted octanol–water partition coefficient (Wildman–Crippen LogP) is 3.10. The van der Waals surface area contributed by atoms with E-state index in [1.807, 2.05) is 13.1 Å². The van der Waals surface area contributed by atoms with E-state index in [4.69, 9.17) is 17.3 Å². The first-order valence-corrected chi connectivity index (χ1v) is 5.84. The molecule has 0 aliphatic carbocycles. The first kappa shape index (κ1) is 12.8. The molecule has 18 heavy (non-hydrogen) atoms. The van der Waals surface area contributed by atoms with Gasteiger partial charge in [-0.1, -0.05) is 17.7 Å². The third kappa shape index (κ3) is 2.60. The monoisotopic (exact) mass is 265 g/mol. The third-order valence-corrected chi connectivity index (χ3v) is 2.98. The van der Waals surface area contributed by atoms with Gasteiger partial charge in [-0.3, -0.25) is 0 Å². The van der Waals surface area contributed by atoms with Crippen LogP contribution >= 0.6 is 11.6 Å². The van der Waals surface area contributed by atoms with Crippen molar-refractivity contribution in [1.82, 2.24) is 4.98 Å². The number of benzene rings is 1. The van der Waals surface area contributed by atoms with E-state index in [0.717, 1.165) is 0 Å². The Hall–Kier alpha value is -1.65. The fourth-order valence-corrected chi connectivity index (χ4v) is 1.80. The number of halogens is 2. The van der Waals surface area contributed by atoms with Crippen molar-refractivity contribution in [3.8, 4) is 0 Å². The molecule has 0 saturated carbocycles. The number of pyridine rings is 1. The van der Waals surface area contributed by atoms with Crippen molar-refractivity contribution >= 4 is 23.1 Å². The standard InChI is InChI=1S/C13H13ClFN3/c1-18(10-4-2-3-9(15)7-10)13-6-5-11(14)12(8-16)17-13/h2-7H,8,16H2,1H3. The molecule has 2 rings (SSSR count). The lowest BCUT2D eigenvalue weighted by atomic mass is 10.2. The zero-order valence-electron chi connectivity index (χ0n) is 9.90. The van der Waals surface area contributed by atoms with E-state index >= 15 is 0 Å². The Kier molecular flexibility index (Phi) is 3.79. The summed E-state index contributed by atoms with van der Waals surface area (Å²) < 4.78 is 13.2. The molecule has 0 bridgehead atoms. The maximum absolute atomic E-state index is 13.2. The van der Waals surface area contributed by atoms with Crippen LogP contribution in [0.5, 0.6) is 0 Å². The number of hydrogen-bond acceptors (Lipinski definition) is 3. The first-order valence-electron chi connectivity index (χ1n) is 5.46. The molecule has 1 aromatic carbocycles. The van der Waals surface area contributed by atoms with Crippen molar-refractivity contribution in [3.63, 3.8) is 0 Å². The molecule has 2 N–H and O–H groups in total. The molecule has 0 aliphatic rings. The van der Waals surface area contributed by atoms with E-state index in [-0.39, 0.29) is 12.4 Å². The fraction of sp³-hybridized carbons (Fsp3) is 0.154. The normalized spacial score (nSPS) is 10.4. The average Bonchev–Trinajstić information content (AvgIpc) is 2.38. The van der Waals surface area contributed by atoms with Gasteiger partial charge in [0.25, 0.3) is 0 Å². The van der Waals surface area contributed by atoms with Gasteiger partial charge in [-0.15, -0.1) is 0 Å². The van der Waals surface area contributed by atoms with Crippen molar-refractivity contribution in [2.24, 2.45) is 5.73 Å². The molecule has 0 saturated heterocycles. The fourth-order valence-electron chi connectivity index (χ4n) is 1.62. The minimum absolute atomic E-state index is 0.268. The zero-order chi connectivity index (χ0) is 13.1.